The number of nitrogens with zero attached hydrogens (tertiary/aromatic N) is 1. The van der Waals surface area contributed by atoms with Crippen LogP contribution in [0.15, 0.2) is 0 Å². The zero-order valence-corrected chi connectivity index (χ0v) is 10.6. The van der Waals surface area contributed by atoms with Gasteiger partial charge in [-0.3, -0.25) is 9.69 Å². The molecular formula is C12H23NO2. The number of likely N-dealkylation sites (tertiary alicyclic amines) is 1. The van der Waals surface area contributed by atoms with E-state index in [4.69, 9.17) is 4.74 Å². The van der Waals surface area contributed by atoms with E-state index in [0.717, 1.165) is 13.0 Å². The van der Waals surface area contributed by atoms with Crippen molar-refractivity contribution in [2.24, 2.45) is 0 Å². The monoisotopic (exact) mass is 213 g/mol. The van der Waals surface area contributed by atoms with Crippen molar-refractivity contribution >= 4 is 5.97 Å². The van der Waals surface area contributed by atoms with Crippen LogP contribution in [0.25, 0.3) is 0 Å². The summed E-state index contributed by atoms with van der Waals surface area (Å²) in [6.07, 6.45) is 2.34. The molecule has 0 N–H and O–H groups in total. The van der Waals surface area contributed by atoms with Crippen LogP contribution >= 0.6 is 0 Å². The first-order valence-electron chi connectivity index (χ1n) is 5.68. The number of hydrogen-bond acceptors (Lipinski definition) is 3. The topological polar surface area (TPSA) is 29.5 Å². The molecule has 0 amide bonds. The summed E-state index contributed by atoms with van der Waals surface area (Å²) in [6, 6.07) is 0. The lowest BCUT2D eigenvalue weighted by atomic mass is 10.0. The number of ether oxygens (including phenoxy) is 1. The highest BCUT2D eigenvalue weighted by Crippen LogP contribution is 2.27. The highest BCUT2D eigenvalue weighted by Gasteiger charge is 2.33. The fourth-order valence-electron chi connectivity index (χ4n) is 1.99. The Morgan fingerprint density at radius 2 is 2.00 bits per heavy atom. The molecule has 1 fully saturated rings. The average molecular weight is 213 g/mol. The van der Waals surface area contributed by atoms with Gasteiger partial charge >= 0.3 is 5.97 Å². The summed E-state index contributed by atoms with van der Waals surface area (Å²) in [5, 5.41) is 0. The average Bonchev–Trinajstić information content (AvgIpc) is 2.26. The zero-order valence-electron chi connectivity index (χ0n) is 10.6. The maximum absolute atomic E-state index is 11.6. The Balaban J connectivity index is 2.45. The molecule has 15 heavy (non-hydrogen) atoms. The fourth-order valence-corrected chi connectivity index (χ4v) is 1.99. The molecule has 0 bridgehead atoms. The van der Waals surface area contributed by atoms with Crippen molar-refractivity contribution in [2.45, 2.75) is 58.6 Å². The van der Waals surface area contributed by atoms with Gasteiger partial charge in [0.25, 0.3) is 0 Å². The normalized spacial score (nSPS) is 21.7. The van der Waals surface area contributed by atoms with Gasteiger partial charge in [-0.25, -0.2) is 0 Å². The van der Waals surface area contributed by atoms with Crippen LogP contribution in [0.3, 0.4) is 0 Å². The van der Waals surface area contributed by atoms with Gasteiger partial charge < -0.3 is 4.74 Å². The number of carbonyl (C=O) groups is 1. The van der Waals surface area contributed by atoms with E-state index in [0.29, 0.717) is 6.54 Å². The van der Waals surface area contributed by atoms with Crippen LogP contribution < -0.4 is 0 Å². The van der Waals surface area contributed by atoms with Crippen LogP contribution in [0.4, 0.5) is 0 Å². The van der Waals surface area contributed by atoms with Gasteiger partial charge in [-0.1, -0.05) is 0 Å². The van der Waals surface area contributed by atoms with Crippen molar-refractivity contribution in [2.75, 3.05) is 13.1 Å². The lowest BCUT2D eigenvalue weighted by Gasteiger charge is -2.31. The van der Waals surface area contributed by atoms with E-state index in [1.165, 1.54) is 6.42 Å². The molecule has 1 aliphatic rings. The third-order valence-corrected chi connectivity index (χ3v) is 2.81. The number of rotatable bonds is 2. The highest BCUT2D eigenvalue weighted by molar-refractivity contribution is 5.72. The first kappa shape index (κ1) is 12.5. The van der Waals surface area contributed by atoms with E-state index in [9.17, 15) is 4.79 Å². The second kappa shape index (κ2) is 4.12. The Morgan fingerprint density at radius 1 is 1.40 bits per heavy atom. The molecule has 0 unspecified atom stereocenters. The molecule has 0 spiro atoms. The number of carbonyl (C=O) groups excluding carboxylic acids is 1. The maximum Gasteiger partial charge on any atom is 0.320 e. The lowest BCUT2D eigenvalue weighted by molar-refractivity contribution is -0.157. The van der Waals surface area contributed by atoms with Crippen molar-refractivity contribution in [3.63, 3.8) is 0 Å². The van der Waals surface area contributed by atoms with E-state index in [-0.39, 0.29) is 17.1 Å². The summed E-state index contributed by atoms with van der Waals surface area (Å²) in [5.74, 6) is -0.113. The second-order valence-corrected chi connectivity index (χ2v) is 5.92. The lowest BCUT2D eigenvalue weighted by Crippen LogP contribution is -2.43. The molecule has 1 heterocycles. The van der Waals surface area contributed by atoms with Crippen LogP contribution in [-0.2, 0) is 9.53 Å². The summed E-state index contributed by atoms with van der Waals surface area (Å²) < 4.78 is 5.31. The largest absolute Gasteiger partial charge is 0.459 e. The van der Waals surface area contributed by atoms with Gasteiger partial charge in [0.1, 0.15) is 5.60 Å². The quantitative estimate of drug-likeness (QED) is 0.659. The molecule has 0 aromatic heterocycles. The third kappa shape index (κ3) is 3.82. The zero-order chi connectivity index (χ0) is 11.7. The van der Waals surface area contributed by atoms with Gasteiger partial charge in [0.2, 0.25) is 0 Å². The van der Waals surface area contributed by atoms with E-state index < -0.39 is 0 Å². The highest BCUT2D eigenvalue weighted by atomic mass is 16.6. The van der Waals surface area contributed by atoms with E-state index >= 15 is 0 Å². The van der Waals surface area contributed by atoms with Crippen LogP contribution in [-0.4, -0.2) is 35.1 Å². The molecule has 3 heteroatoms. The molecule has 3 nitrogen and oxygen atoms in total. The Hall–Kier alpha value is -0.570. The van der Waals surface area contributed by atoms with Gasteiger partial charge in [-0.15, -0.1) is 0 Å². The van der Waals surface area contributed by atoms with E-state index in [2.05, 4.69) is 18.7 Å². The van der Waals surface area contributed by atoms with Crippen molar-refractivity contribution in [3.8, 4) is 0 Å². The Kier molecular flexibility index (Phi) is 3.44. The van der Waals surface area contributed by atoms with Gasteiger partial charge in [-0.05, 0) is 54.0 Å². The second-order valence-electron chi connectivity index (χ2n) is 5.92. The van der Waals surface area contributed by atoms with E-state index in [1.807, 2.05) is 20.8 Å². The Bertz CT molecular complexity index is 240. The molecule has 0 aromatic carbocycles. The van der Waals surface area contributed by atoms with Crippen LogP contribution in [0.5, 0.6) is 0 Å². The predicted molar refractivity (Wildman–Crippen MR) is 60.7 cm³/mol. The standard InChI is InChI=1S/C12H23NO2/c1-11(2,3)15-10(14)9-13-8-6-7-12(13,4)5/h6-9H2,1-5H3. The molecule has 0 saturated carbocycles. The van der Waals surface area contributed by atoms with Gasteiger partial charge in [-0.2, -0.15) is 0 Å². The Labute approximate surface area is 92.8 Å². The molecule has 0 atom stereocenters. The van der Waals surface area contributed by atoms with Crippen molar-refractivity contribution in [3.05, 3.63) is 0 Å². The molecule has 88 valence electrons. The van der Waals surface area contributed by atoms with Crippen LogP contribution in [0.1, 0.15) is 47.5 Å². The predicted octanol–water partition coefficient (Wildman–Crippen LogP) is 2.20. The van der Waals surface area contributed by atoms with Crippen LogP contribution in [0.2, 0.25) is 0 Å². The summed E-state index contributed by atoms with van der Waals surface area (Å²) in [7, 11) is 0. The van der Waals surface area contributed by atoms with Crippen molar-refractivity contribution in [1.82, 2.24) is 4.90 Å². The summed E-state index contributed by atoms with van der Waals surface area (Å²) in [4.78, 5) is 13.8. The SMILES string of the molecule is CC(C)(C)OC(=O)CN1CCCC1(C)C. The molecule has 1 rings (SSSR count). The van der Waals surface area contributed by atoms with Crippen molar-refractivity contribution in [1.29, 1.82) is 0 Å². The third-order valence-electron chi connectivity index (χ3n) is 2.81. The molecule has 1 aliphatic heterocycles. The first-order valence-corrected chi connectivity index (χ1v) is 5.68. The number of hydrogen-bond donors (Lipinski definition) is 0. The van der Waals surface area contributed by atoms with E-state index in [1.54, 1.807) is 0 Å². The summed E-state index contributed by atoms with van der Waals surface area (Å²) in [6.45, 7) is 11.5. The van der Waals surface area contributed by atoms with Gasteiger partial charge in [0.05, 0.1) is 6.54 Å². The minimum Gasteiger partial charge on any atom is -0.459 e. The molecule has 0 radical (unpaired) electrons. The first-order chi connectivity index (χ1) is 6.71. The van der Waals surface area contributed by atoms with Gasteiger partial charge in [0, 0.05) is 5.54 Å². The summed E-state index contributed by atoms with van der Waals surface area (Å²) >= 11 is 0. The molecule has 0 aromatic rings. The minimum atomic E-state index is -0.374. The fraction of sp³-hybridized carbons (Fsp3) is 0.917. The molecule has 0 aliphatic carbocycles. The summed E-state index contributed by atoms with van der Waals surface area (Å²) in [5.41, 5.74) is -0.224. The number of esters is 1. The minimum absolute atomic E-state index is 0.113. The maximum atomic E-state index is 11.6. The van der Waals surface area contributed by atoms with Gasteiger partial charge in [0.15, 0.2) is 0 Å². The van der Waals surface area contributed by atoms with Crippen LogP contribution in [0, 0.1) is 0 Å². The van der Waals surface area contributed by atoms with Crippen molar-refractivity contribution < 1.29 is 9.53 Å². The smallest absolute Gasteiger partial charge is 0.320 e. The Morgan fingerprint density at radius 3 is 2.40 bits per heavy atom. The molecule has 1 saturated heterocycles. The molecular weight excluding hydrogens is 190 g/mol.